The van der Waals surface area contributed by atoms with Crippen LogP contribution in [-0.4, -0.2) is 60.9 Å². The number of ether oxygens (including phenoxy) is 1. The largest absolute Gasteiger partial charge is 0.497 e. The molecule has 2 saturated heterocycles. The molecular formula is C25H30N4O3S. The van der Waals surface area contributed by atoms with Crippen molar-refractivity contribution in [2.75, 3.05) is 38.2 Å². The Balaban J connectivity index is 1.25. The fourth-order valence-corrected chi connectivity index (χ4v) is 5.66. The highest BCUT2D eigenvalue weighted by molar-refractivity contribution is 7.80. The number of carbonyl (C=O) groups excluding carboxylic acids is 2. The molecule has 0 saturated carbocycles. The molecule has 3 aliphatic rings. The van der Waals surface area contributed by atoms with Crippen molar-refractivity contribution in [1.82, 2.24) is 15.1 Å². The van der Waals surface area contributed by atoms with Gasteiger partial charge in [-0.05, 0) is 35.2 Å². The molecule has 2 amide bonds. The Morgan fingerprint density at radius 3 is 2.64 bits per heavy atom. The number of piperazine rings is 1. The van der Waals surface area contributed by atoms with Gasteiger partial charge in [0.2, 0.25) is 11.8 Å². The maximum atomic E-state index is 12.4. The zero-order valence-corrected chi connectivity index (χ0v) is 19.8. The molecule has 0 aromatic heterocycles. The number of benzene rings is 2. The van der Waals surface area contributed by atoms with Crippen LogP contribution in [0.4, 0.5) is 5.69 Å². The SMILES string of the molecule is COc1cccc(N2CCN(Cc3cccc4c3CN(C3CCC(=O)NC3=O)C4S)CC2)c1. The first-order chi connectivity index (χ1) is 16.0. The molecule has 5 rings (SSSR count). The number of nitrogens with one attached hydrogen (secondary N) is 1. The lowest BCUT2D eigenvalue weighted by Gasteiger charge is -2.36. The number of thiol groups is 1. The minimum Gasteiger partial charge on any atom is -0.497 e. The van der Waals surface area contributed by atoms with Crippen LogP contribution in [0.3, 0.4) is 0 Å². The van der Waals surface area contributed by atoms with Crippen LogP contribution in [-0.2, 0) is 22.7 Å². The first-order valence-corrected chi connectivity index (χ1v) is 12.0. The van der Waals surface area contributed by atoms with Gasteiger partial charge in [0, 0.05) is 57.4 Å². The number of amides is 2. The third-order valence-corrected chi connectivity index (χ3v) is 7.61. The van der Waals surface area contributed by atoms with E-state index in [0.717, 1.165) is 38.5 Å². The summed E-state index contributed by atoms with van der Waals surface area (Å²) in [6.45, 7) is 5.50. The summed E-state index contributed by atoms with van der Waals surface area (Å²) in [7, 11) is 1.70. The minimum absolute atomic E-state index is 0.131. The number of rotatable bonds is 5. The highest BCUT2D eigenvalue weighted by Crippen LogP contribution is 2.40. The minimum atomic E-state index is -0.308. The standard InChI is InChI=1S/C25H30N4O3S/c1-32-19-6-3-5-18(14-19)28-12-10-27(11-13-28)15-17-4-2-7-20-21(17)16-29(25(20)33)22-8-9-23(30)26-24(22)31/h2-7,14,22,25,33H,8-13,15-16H2,1H3,(H,26,30,31). The molecule has 2 unspecified atom stereocenters. The van der Waals surface area contributed by atoms with Crippen molar-refractivity contribution in [3.8, 4) is 5.75 Å². The Bertz CT molecular complexity index is 1050. The molecule has 8 heteroatoms. The number of piperidine rings is 1. The van der Waals surface area contributed by atoms with E-state index in [1.54, 1.807) is 7.11 Å². The van der Waals surface area contributed by atoms with Crippen molar-refractivity contribution >= 4 is 30.1 Å². The molecule has 0 bridgehead atoms. The van der Waals surface area contributed by atoms with Gasteiger partial charge in [-0.15, -0.1) is 0 Å². The molecule has 2 aromatic rings. The predicted molar refractivity (Wildman–Crippen MR) is 130 cm³/mol. The van der Waals surface area contributed by atoms with Crippen LogP contribution in [0.15, 0.2) is 42.5 Å². The van der Waals surface area contributed by atoms with Gasteiger partial charge in [0.15, 0.2) is 0 Å². The van der Waals surface area contributed by atoms with Gasteiger partial charge < -0.3 is 9.64 Å². The third kappa shape index (κ3) is 4.47. The van der Waals surface area contributed by atoms with Crippen LogP contribution in [0.1, 0.15) is 34.9 Å². The van der Waals surface area contributed by atoms with Crippen LogP contribution in [0.25, 0.3) is 0 Å². The predicted octanol–water partition coefficient (Wildman–Crippen LogP) is 2.57. The monoisotopic (exact) mass is 466 g/mol. The van der Waals surface area contributed by atoms with E-state index >= 15 is 0 Å². The van der Waals surface area contributed by atoms with Gasteiger partial charge in [-0.1, -0.05) is 24.3 Å². The van der Waals surface area contributed by atoms with Gasteiger partial charge in [-0.25, -0.2) is 0 Å². The molecule has 2 atom stereocenters. The lowest BCUT2D eigenvalue weighted by Crippen LogP contribution is -2.51. The number of anilines is 1. The van der Waals surface area contributed by atoms with E-state index in [2.05, 4.69) is 50.3 Å². The lowest BCUT2D eigenvalue weighted by atomic mass is 10.0. The Morgan fingerprint density at radius 1 is 1.09 bits per heavy atom. The molecule has 0 aliphatic carbocycles. The number of carbonyl (C=O) groups is 2. The molecular weight excluding hydrogens is 436 g/mol. The summed E-state index contributed by atoms with van der Waals surface area (Å²) in [5.41, 5.74) is 4.96. The van der Waals surface area contributed by atoms with Crippen LogP contribution in [0.5, 0.6) is 5.75 Å². The molecule has 2 fully saturated rings. The Labute approximate surface area is 200 Å². The Morgan fingerprint density at radius 2 is 1.88 bits per heavy atom. The summed E-state index contributed by atoms with van der Waals surface area (Å²) in [6, 6.07) is 14.3. The maximum absolute atomic E-state index is 12.4. The van der Waals surface area contributed by atoms with Crippen molar-refractivity contribution in [2.24, 2.45) is 0 Å². The highest BCUT2D eigenvalue weighted by Gasteiger charge is 2.39. The first-order valence-electron chi connectivity index (χ1n) is 11.5. The van der Waals surface area contributed by atoms with Crippen molar-refractivity contribution in [3.63, 3.8) is 0 Å². The molecule has 0 spiro atoms. The van der Waals surface area contributed by atoms with E-state index in [0.29, 0.717) is 19.4 Å². The quantitative estimate of drug-likeness (QED) is 0.522. The smallest absolute Gasteiger partial charge is 0.243 e. The van der Waals surface area contributed by atoms with E-state index < -0.39 is 0 Å². The van der Waals surface area contributed by atoms with Gasteiger partial charge in [0.25, 0.3) is 0 Å². The molecule has 2 aromatic carbocycles. The number of imide groups is 1. The number of fused-ring (bicyclic) bond motifs is 1. The summed E-state index contributed by atoms with van der Waals surface area (Å²) < 4.78 is 5.37. The van der Waals surface area contributed by atoms with Gasteiger partial charge in [0.1, 0.15) is 5.75 Å². The average Bonchev–Trinajstić information content (AvgIpc) is 3.17. The van der Waals surface area contributed by atoms with Crippen LogP contribution < -0.4 is 15.0 Å². The van der Waals surface area contributed by atoms with Crippen LogP contribution in [0.2, 0.25) is 0 Å². The highest BCUT2D eigenvalue weighted by atomic mass is 32.1. The van der Waals surface area contributed by atoms with E-state index in [1.807, 2.05) is 12.1 Å². The van der Waals surface area contributed by atoms with E-state index in [-0.39, 0.29) is 23.2 Å². The Kier molecular flexibility index (Phi) is 6.32. The first kappa shape index (κ1) is 22.3. The topological polar surface area (TPSA) is 65.1 Å². The van der Waals surface area contributed by atoms with Gasteiger partial charge >= 0.3 is 0 Å². The van der Waals surface area contributed by atoms with E-state index in [4.69, 9.17) is 17.4 Å². The van der Waals surface area contributed by atoms with Crippen LogP contribution >= 0.6 is 12.6 Å². The summed E-state index contributed by atoms with van der Waals surface area (Å²) in [6.07, 6.45) is 0.936. The van der Waals surface area contributed by atoms with Crippen LogP contribution in [0, 0.1) is 0 Å². The van der Waals surface area contributed by atoms with Crippen molar-refractivity contribution < 1.29 is 14.3 Å². The Hall–Kier alpha value is -2.55. The summed E-state index contributed by atoms with van der Waals surface area (Å²) >= 11 is 4.85. The molecule has 33 heavy (non-hydrogen) atoms. The fourth-order valence-electron chi connectivity index (χ4n) is 5.18. The summed E-state index contributed by atoms with van der Waals surface area (Å²) in [5.74, 6) is 0.502. The van der Waals surface area contributed by atoms with Crippen molar-refractivity contribution in [2.45, 2.75) is 37.3 Å². The summed E-state index contributed by atoms with van der Waals surface area (Å²) in [5, 5.41) is 2.35. The number of methoxy groups -OCH3 is 1. The normalized spacial score (nSPS) is 24.0. The van der Waals surface area contributed by atoms with E-state index in [9.17, 15) is 9.59 Å². The van der Waals surface area contributed by atoms with E-state index in [1.165, 1.54) is 22.4 Å². The number of hydrogen-bond donors (Lipinski definition) is 2. The molecule has 7 nitrogen and oxygen atoms in total. The maximum Gasteiger partial charge on any atom is 0.243 e. The third-order valence-electron chi connectivity index (χ3n) is 7.04. The molecule has 1 N–H and O–H groups in total. The average molecular weight is 467 g/mol. The second-order valence-corrected chi connectivity index (χ2v) is 9.45. The molecule has 3 heterocycles. The second-order valence-electron chi connectivity index (χ2n) is 8.96. The lowest BCUT2D eigenvalue weighted by molar-refractivity contribution is -0.137. The molecule has 3 aliphatic heterocycles. The molecule has 174 valence electrons. The molecule has 0 radical (unpaired) electrons. The zero-order valence-electron chi connectivity index (χ0n) is 18.9. The second kappa shape index (κ2) is 9.37. The van der Waals surface area contributed by atoms with Crippen molar-refractivity contribution in [3.05, 3.63) is 59.2 Å². The van der Waals surface area contributed by atoms with Gasteiger partial charge in [0.05, 0.1) is 18.5 Å². The number of nitrogens with zero attached hydrogens (tertiary/aromatic N) is 3. The van der Waals surface area contributed by atoms with Gasteiger partial charge in [-0.2, -0.15) is 12.6 Å². The zero-order chi connectivity index (χ0) is 22.9. The fraction of sp³-hybridized carbons (Fsp3) is 0.440. The number of hydrogen-bond acceptors (Lipinski definition) is 7. The van der Waals surface area contributed by atoms with Crippen molar-refractivity contribution in [1.29, 1.82) is 0 Å². The van der Waals surface area contributed by atoms with Gasteiger partial charge in [-0.3, -0.25) is 24.7 Å². The summed E-state index contributed by atoms with van der Waals surface area (Å²) in [4.78, 5) is 31.0.